The number of carbonyl (C=O) groups is 1. The van der Waals surface area contributed by atoms with Crippen molar-refractivity contribution in [2.24, 2.45) is 0 Å². The topological polar surface area (TPSA) is 50.5 Å². The number of pyridine rings is 1. The third-order valence-corrected chi connectivity index (χ3v) is 6.36. The van der Waals surface area contributed by atoms with E-state index < -0.39 is 0 Å². The van der Waals surface area contributed by atoms with Crippen LogP contribution in [0.1, 0.15) is 49.4 Å². The zero-order valence-electron chi connectivity index (χ0n) is 15.4. The van der Waals surface area contributed by atoms with E-state index in [0.29, 0.717) is 5.91 Å². The molecule has 5 rings (SSSR count). The summed E-state index contributed by atoms with van der Waals surface area (Å²) < 4.78 is 2.06. The van der Waals surface area contributed by atoms with Gasteiger partial charge in [-0.3, -0.25) is 9.20 Å². The molecular weight excluding hydrogens is 336 g/mol. The van der Waals surface area contributed by atoms with Gasteiger partial charge in [0.05, 0.1) is 5.41 Å². The summed E-state index contributed by atoms with van der Waals surface area (Å²) in [5, 5.41) is 8.74. The lowest BCUT2D eigenvalue weighted by Crippen LogP contribution is -2.53. The summed E-state index contributed by atoms with van der Waals surface area (Å²) in [4.78, 5) is 15.7. The summed E-state index contributed by atoms with van der Waals surface area (Å²) in [6.45, 7) is 1.59. The highest BCUT2D eigenvalue weighted by atomic mass is 16.2. The maximum atomic E-state index is 13.6. The molecule has 5 heteroatoms. The highest BCUT2D eigenvalue weighted by Gasteiger charge is 2.48. The number of fused-ring (bicyclic) bond motifs is 1. The van der Waals surface area contributed by atoms with Crippen molar-refractivity contribution in [1.29, 1.82) is 0 Å². The Morgan fingerprint density at radius 2 is 1.81 bits per heavy atom. The van der Waals surface area contributed by atoms with Crippen molar-refractivity contribution in [1.82, 2.24) is 19.5 Å². The molecule has 0 radical (unpaired) electrons. The van der Waals surface area contributed by atoms with Crippen LogP contribution in [0.15, 0.2) is 54.7 Å². The van der Waals surface area contributed by atoms with Gasteiger partial charge in [-0.2, -0.15) is 0 Å². The van der Waals surface area contributed by atoms with Crippen molar-refractivity contribution in [3.05, 3.63) is 66.1 Å². The average Bonchev–Trinajstić information content (AvgIpc) is 3.12. The Hall–Kier alpha value is -2.69. The van der Waals surface area contributed by atoms with Gasteiger partial charge in [0.25, 0.3) is 0 Å². The maximum Gasteiger partial charge on any atom is 0.233 e. The van der Waals surface area contributed by atoms with Crippen LogP contribution in [-0.2, 0) is 10.2 Å². The molecule has 2 aromatic heterocycles. The minimum atomic E-state index is -0.309. The van der Waals surface area contributed by atoms with Crippen molar-refractivity contribution in [3.63, 3.8) is 0 Å². The number of rotatable bonds is 3. The van der Waals surface area contributed by atoms with Crippen LogP contribution < -0.4 is 0 Å². The second kappa shape index (κ2) is 6.48. The Bertz CT molecular complexity index is 961. The first-order chi connectivity index (χ1) is 13.3. The summed E-state index contributed by atoms with van der Waals surface area (Å²) in [6.07, 6.45) is 7.14. The monoisotopic (exact) mass is 360 g/mol. The molecule has 1 aliphatic heterocycles. The Balaban J connectivity index is 1.42. The molecule has 5 nitrogen and oxygen atoms in total. The van der Waals surface area contributed by atoms with E-state index in [1.54, 1.807) is 0 Å². The van der Waals surface area contributed by atoms with Gasteiger partial charge in [0.2, 0.25) is 5.91 Å². The number of carbonyl (C=O) groups excluding carboxylic acids is 1. The van der Waals surface area contributed by atoms with Crippen molar-refractivity contribution in [2.75, 3.05) is 13.1 Å². The first kappa shape index (κ1) is 16.5. The lowest BCUT2D eigenvalue weighted by atomic mass is 9.63. The number of benzene rings is 1. The van der Waals surface area contributed by atoms with Crippen molar-refractivity contribution < 1.29 is 4.79 Å². The molecule has 1 saturated heterocycles. The zero-order chi connectivity index (χ0) is 18.3. The molecule has 1 aliphatic carbocycles. The summed E-state index contributed by atoms with van der Waals surface area (Å²) >= 11 is 0. The second-order valence-corrected chi connectivity index (χ2v) is 7.88. The van der Waals surface area contributed by atoms with E-state index in [0.717, 1.165) is 56.7 Å². The number of amides is 1. The van der Waals surface area contributed by atoms with E-state index in [4.69, 9.17) is 0 Å². The maximum absolute atomic E-state index is 13.6. The fraction of sp³-hybridized carbons (Fsp3) is 0.409. The summed E-state index contributed by atoms with van der Waals surface area (Å²) in [5.41, 5.74) is 1.74. The van der Waals surface area contributed by atoms with Gasteiger partial charge in [-0.25, -0.2) is 0 Å². The van der Waals surface area contributed by atoms with Crippen LogP contribution in [-0.4, -0.2) is 38.5 Å². The Kier molecular flexibility index (Phi) is 3.96. The van der Waals surface area contributed by atoms with Crippen molar-refractivity contribution in [2.45, 2.75) is 43.4 Å². The highest BCUT2D eigenvalue weighted by Crippen LogP contribution is 2.46. The van der Waals surface area contributed by atoms with Crippen LogP contribution in [0.5, 0.6) is 0 Å². The van der Waals surface area contributed by atoms with E-state index in [9.17, 15) is 4.79 Å². The molecule has 138 valence electrons. The van der Waals surface area contributed by atoms with Crippen molar-refractivity contribution in [3.8, 4) is 0 Å². The van der Waals surface area contributed by atoms with Gasteiger partial charge in [-0.1, -0.05) is 42.8 Å². The van der Waals surface area contributed by atoms with Crippen LogP contribution in [0.4, 0.5) is 0 Å². The van der Waals surface area contributed by atoms with Crippen LogP contribution in [0.3, 0.4) is 0 Å². The number of nitrogens with zero attached hydrogens (tertiary/aromatic N) is 4. The number of piperidine rings is 1. The first-order valence-corrected chi connectivity index (χ1v) is 9.92. The van der Waals surface area contributed by atoms with Crippen LogP contribution in [0.2, 0.25) is 0 Å². The molecule has 2 aliphatic rings. The van der Waals surface area contributed by atoms with Gasteiger partial charge in [-0.15, -0.1) is 10.2 Å². The zero-order valence-corrected chi connectivity index (χ0v) is 15.4. The van der Waals surface area contributed by atoms with E-state index in [1.165, 1.54) is 5.56 Å². The van der Waals surface area contributed by atoms with E-state index in [1.807, 2.05) is 42.6 Å². The van der Waals surface area contributed by atoms with Crippen LogP contribution in [0.25, 0.3) is 5.65 Å². The van der Waals surface area contributed by atoms with Gasteiger partial charge in [0.1, 0.15) is 5.82 Å². The quantitative estimate of drug-likeness (QED) is 0.718. The fourth-order valence-electron chi connectivity index (χ4n) is 4.73. The summed E-state index contributed by atoms with van der Waals surface area (Å²) in [7, 11) is 0. The van der Waals surface area contributed by atoms with E-state index >= 15 is 0 Å². The predicted molar refractivity (Wildman–Crippen MR) is 104 cm³/mol. The number of hydrogen-bond donors (Lipinski definition) is 0. The molecule has 0 spiro atoms. The smallest absolute Gasteiger partial charge is 0.233 e. The van der Waals surface area contributed by atoms with Gasteiger partial charge in [0.15, 0.2) is 5.65 Å². The molecule has 0 N–H and O–H groups in total. The molecule has 27 heavy (non-hydrogen) atoms. The number of aromatic nitrogens is 3. The minimum absolute atomic E-state index is 0.244. The second-order valence-electron chi connectivity index (χ2n) is 7.88. The van der Waals surface area contributed by atoms with Gasteiger partial charge >= 0.3 is 0 Å². The Morgan fingerprint density at radius 3 is 2.59 bits per heavy atom. The Labute approximate surface area is 159 Å². The molecule has 1 amide bonds. The predicted octanol–water partition coefficient (Wildman–Crippen LogP) is 3.56. The largest absolute Gasteiger partial charge is 0.341 e. The molecule has 0 bridgehead atoms. The number of likely N-dealkylation sites (tertiary alicyclic amines) is 1. The van der Waals surface area contributed by atoms with Crippen LogP contribution in [0, 0.1) is 0 Å². The first-order valence-electron chi connectivity index (χ1n) is 9.92. The molecule has 2 fully saturated rings. The third kappa shape index (κ3) is 2.64. The van der Waals surface area contributed by atoms with Gasteiger partial charge < -0.3 is 4.90 Å². The lowest BCUT2D eigenvalue weighted by Gasteiger charge is -2.45. The van der Waals surface area contributed by atoms with Gasteiger partial charge in [0, 0.05) is 25.2 Å². The fourth-order valence-corrected chi connectivity index (χ4v) is 4.73. The standard InChI is InChI=1S/C22H24N4O/c27-21(22(12-7-13-22)18-9-2-1-3-10-18)25-14-6-8-17(16-25)20-24-23-19-11-4-5-15-26(19)20/h1-5,9-11,15,17H,6-8,12-14,16H2. The normalized spacial score (nSPS) is 21.8. The highest BCUT2D eigenvalue weighted by molar-refractivity contribution is 5.89. The Morgan fingerprint density at radius 1 is 1.00 bits per heavy atom. The van der Waals surface area contributed by atoms with E-state index in [-0.39, 0.29) is 11.3 Å². The molecule has 1 aromatic carbocycles. The van der Waals surface area contributed by atoms with Gasteiger partial charge in [-0.05, 0) is 43.4 Å². The summed E-state index contributed by atoms with van der Waals surface area (Å²) in [5.74, 6) is 1.52. The molecule has 1 saturated carbocycles. The number of hydrogen-bond acceptors (Lipinski definition) is 3. The SMILES string of the molecule is O=C(N1CCCC(c2nnc3ccccn23)C1)C1(c2ccccc2)CCC1. The minimum Gasteiger partial charge on any atom is -0.341 e. The molecule has 1 atom stereocenters. The van der Waals surface area contributed by atoms with Crippen LogP contribution >= 0.6 is 0 Å². The molecule has 3 heterocycles. The van der Waals surface area contributed by atoms with Crippen molar-refractivity contribution >= 4 is 11.6 Å². The molecule has 3 aromatic rings. The third-order valence-electron chi connectivity index (χ3n) is 6.36. The molecule has 1 unspecified atom stereocenters. The van der Waals surface area contributed by atoms with E-state index in [2.05, 4.69) is 31.6 Å². The molecular formula is C22H24N4O. The summed E-state index contributed by atoms with van der Waals surface area (Å²) in [6, 6.07) is 16.3. The average molecular weight is 360 g/mol. The lowest BCUT2D eigenvalue weighted by molar-refractivity contribution is -0.142.